The van der Waals surface area contributed by atoms with Gasteiger partial charge in [-0.05, 0) is 49.3 Å². The monoisotopic (exact) mass is 538 g/mol. The fraction of sp³-hybridized carbons (Fsp3) is 0.607. The lowest BCUT2D eigenvalue weighted by molar-refractivity contribution is 0.00528. The SMILES string of the molecule is COc1cc(CN2C[C@H]3CN(C)C[C@H]3C2)ccc1Cn1ncc2nc(N)nc(NCC3CC4(C3)CC4(F)F)c21. The highest BCUT2D eigenvalue weighted by Crippen LogP contribution is 2.72. The van der Waals surface area contributed by atoms with E-state index in [0.29, 0.717) is 37.3 Å². The molecule has 2 saturated heterocycles. The Morgan fingerprint density at radius 1 is 1.10 bits per heavy atom. The van der Waals surface area contributed by atoms with Gasteiger partial charge in [-0.15, -0.1) is 0 Å². The molecule has 1 spiro atoms. The lowest BCUT2D eigenvalue weighted by atomic mass is 9.71. The van der Waals surface area contributed by atoms with Crippen molar-refractivity contribution in [2.24, 2.45) is 23.2 Å². The summed E-state index contributed by atoms with van der Waals surface area (Å²) in [6.07, 6.45) is 2.82. The molecular formula is C28H36F2N8O. The van der Waals surface area contributed by atoms with E-state index < -0.39 is 11.3 Å². The number of hydrogen-bond donors (Lipinski definition) is 2. The number of nitrogens with zero attached hydrogens (tertiary/aromatic N) is 6. The first-order valence-electron chi connectivity index (χ1n) is 13.9. The van der Waals surface area contributed by atoms with Crippen molar-refractivity contribution in [2.75, 3.05) is 57.9 Å². The maximum absolute atomic E-state index is 13.6. The van der Waals surface area contributed by atoms with Gasteiger partial charge >= 0.3 is 0 Å². The van der Waals surface area contributed by atoms with E-state index in [1.54, 1.807) is 13.3 Å². The van der Waals surface area contributed by atoms with Gasteiger partial charge in [0.2, 0.25) is 5.95 Å². The summed E-state index contributed by atoms with van der Waals surface area (Å²) in [7, 11) is 3.92. The zero-order valence-corrected chi connectivity index (χ0v) is 22.5. The number of nitrogen functional groups attached to an aromatic ring is 1. The van der Waals surface area contributed by atoms with E-state index in [1.165, 1.54) is 18.7 Å². The van der Waals surface area contributed by atoms with Gasteiger partial charge in [0.25, 0.3) is 5.92 Å². The van der Waals surface area contributed by atoms with Gasteiger partial charge in [0.05, 0.1) is 19.9 Å². The molecule has 2 aliphatic heterocycles. The number of ether oxygens (including phenoxy) is 1. The summed E-state index contributed by atoms with van der Waals surface area (Å²) in [5, 5.41) is 7.93. The normalized spacial score (nSPS) is 29.6. The highest BCUT2D eigenvalue weighted by atomic mass is 19.3. The van der Waals surface area contributed by atoms with Crippen LogP contribution in [0.15, 0.2) is 24.4 Å². The van der Waals surface area contributed by atoms with Gasteiger partial charge in [-0.3, -0.25) is 9.58 Å². The fourth-order valence-electron chi connectivity index (χ4n) is 7.41. The summed E-state index contributed by atoms with van der Waals surface area (Å²) in [5.74, 6) is 0.846. The molecule has 1 aromatic carbocycles. The van der Waals surface area contributed by atoms with Crippen molar-refractivity contribution in [1.82, 2.24) is 29.5 Å². The number of alkyl halides is 2. The smallest absolute Gasteiger partial charge is 0.254 e. The van der Waals surface area contributed by atoms with Crippen LogP contribution in [-0.4, -0.2) is 82.4 Å². The van der Waals surface area contributed by atoms with Gasteiger partial charge in [-0.1, -0.05) is 12.1 Å². The van der Waals surface area contributed by atoms with Gasteiger partial charge < -0.3 is 20.7 Å². The summed E-state index contributed by atoms with van der Waals surface area (Å²) < 4.78 is 34.9. The Labute approximate surface area is 226 Å². The Morgan fingerprint density at radius 2 is 1.85 bits per heavy atom. The summed E-state index contributed by atoms with van der Waals surface area (Å²) in [6, 6.07) is 6.42. The fourth-order valence-corrected chi connectivity index (χ4v) is 7.41. The molecule has 2 saturated carbocycles. The van der Waals surface area contributed by atoms with Crippen molar-refractivity contribution < 1.29 is 13.5 Å². The molecule has 208 valence electrons. The van der Waals surface area contributed by atoms with Crippen LogP contribution in [0.4, 0.5) is 20.5 Å². The number of benzene rings is 1. The standard InChI is InChI=1S/C28H36F2N8O/c1-36-11-20-13-37(14-21(20)12-36)10-17-3-4-19(23(5-17)39-2)15-38-24-22(9-33-38)34-26(31)35-25(24)32-8-18-6-27(7-18)16-28(27,29)30/h3-5,9,18,20-21H,6-8,10-16H2,1-2H3,(H3,31,32,34,35)/t18?,20-,21+,27?. The van der Waals surface area contributed by atoms with Crippen LogP contribution in [-0.2, 0) is 13.1 Å². The number of halogens is 2. The lowest BCUT2D eigenvalue weighted by Crippen LogP contribution is -2.34. The van der Waals surface area contributed by atoms with Crippen LogP contribution in [0.1, 0.15) is 30.4 Å². The molecule has 3 aromatic rings. The highest BCUT2D eigenvalue weighted by Gasteiger charge is 2.75. The molecule has 39 heavy (non-hydrogen) atoms. The van der Waals surface area contributed by atoms with Gasteiger partial charge in [0.1, 0.15) is 16.8 Å². The number of anilines is 2. The second kappa shape index (κ2) is 8.99. The highest BCUT2D eigenvalue weighted by molar-refractivity contribution is 5.86. The van der Waals surface area contributed by atoms with Crippen LogP contribution in [0.5, 0.6) is 5.75 Å². The molecule has 0 amide bonds. The second-order valence-corrected chi connectivity index (χ2v) is 12.4. The summed E-state index contributed by atoms with van der Waals surface area (Å²) in [4.78, 5) is 13.8. The van der Waals surface area contributed by atoms with Gasteiger partial charge in [0, 0.05) is 56.7 Å². The third kappa shape index (κ3) is 4.39. The molecule has 11 heteroatoms. The van der Waals surface area contributed by atoms with Crippen molar-refractivity contribution in [2.45, 2.75) is 38.3 Å². The number of aromatic nitrogens is 4. The number of hydrogen-bond acceptors (Lipinski definition) is 8. The first-order valence-corrected chi connectivity index (χ1v) is 13.9. The van der Waals surface area contributed by atoms with Crippen molar-refractivity contribution >= 4 is 22.8 Å². The predicted molar refractivity (Wildman–Crippen MR) is 145 cm³/mol. The quantitative estimate of drug-likeness (QED) is 0.451. The van der Waals surface area contributed by atoms with E-state index >= 15 is 0 Å². The van der Waals surface area contributed by atoms with Crippen LogP contribution in [0.3, 0.4) is 0 Å². The Balaban J connectivity index is 1.06. The van der Waals surface area contributed by atoms with E-state index in [9.17, 15) is 8.78 Å². The molecule has 4 aliphatic rings. The predicted octanol–water partition coefficient (Wildman–Crippen LogP) is 3.31. The summed E-state index contributed by atoms with van der Waals surface area (Å²) in [5.41, 5.74) is 8.86. The molecule has 0 radical (unpaired) electrons. The van der Waals surface area contributed by atoms with Crippen molar-refractivity contribution in [3.05, 3.63) is 35.5 Å². The minimum absolute atomic E-state index is 0.0330. The number of fused-ring (bicyclic) bond motifs is 2. The molecule has 4 heterocycles. The van der Waals surface area contributed by atoms with Gasteiger partial charge in [-0.25, -0.2) is 13.8 Å². The van der Waals surface area contributed by atoms with Gasteiger partial charge in [0.15, 0.2) is 5.82 Å². The Morgan fingerprint density at radius 3 is 2.54 bits per heavy atom. The Hall–Kier alpha value is -3.05. The van der Waals surface area contributed by atoms with Crippen LogP contribution >= 0.6 is 0 Å². The van der Waals surface area contributed by atoms with Crippen LogP contribution in [0, 0.1) is 23.2 Å². The van der Waals surface area contributed by atoms with Crippen molar-refractivity contribution in [3.8, 4) is 5.75 Å². The molecule has 2 aliphatic carbocycles. The summed E-state index contributed by atoms with van der Waals surface area (Å²) in [6.45, 7) is 6.68. The Kier molecular flexibility index (Phi) is 5.75. The lowest BCUT2D eigenvalue weighted by Gasteiger charge is -2.36. The third-order valence-electron chi connectivity index (χ3n) is 9.46. The van der Waals surface area contributed by atoms with Gasteiger partial charge in [-0.2, -0.15) is 10.1 Å². The molecule has 2 atom stereocenters. The number of rotatable bonds is 8. The minimum atomic E-state index is -2.48. The van der Waals surface area contributed by atoms with E-state index in [2.05, 4.69) is 55.4 Å². The largest absolute Gasteiger partial charge is 0.496 e. The average Bonchev–Trinajstić information content (AvgIpc) is 3.21. The molecule has 2 aromatic heterocycles. The van der Waals surface area contributed by atoms with Crippen LogP contribution < -0.4 is 15.8 Å². The molecule has 0 bridgehead atoms. The molecule has 3 N–H and O–H groups in total. The van der Waals surface area contributed by atoms with Crippen molar-refractivity contribution in [3.63, 3.8) is 0 Å². The van der Waals surface area contributed by atoms with E-state index in [-0.39, 0.29) is 18.3 Å². The maximum atomic E-state index is 13.6. The Bertz CT molecular complexity index is 1390. The zero-order chi connectivity index (χ0) is 26.9. The van der Waals surface area contributed by atoms with Crippen LogP contribution in [0.25, 0.3) is 11.0 Å². The first kappa shape index (κ1) is 25.0. The maximum Gasteiger partial charge on any atom is 0.254 e. The van der Waals surface area contributed by atoms with Crippen molar-refractivity contribution in [1.29, 1.82) is 0 Å². The second-order valence-electron chi connectivity index (χ2n) is 12.4. The molecule has 7 rings (SSSR count). The minimum Gasteiger partial charge on any atom is -0.496 e. The van der Waals surface area contributed by atoms with E-state index in [0.717, 1.165) is 48.3 Å². The number of nitrogens with one attached hydrogen (secondary N) is 1. The average molecular weight is 539 g/mol. The first-order chi connectivity index (χ1) is 18.7. The van der Waals surface area contributed by atoms with E-state index in [4.69, 9.17) is 10.5 Å². The molecule has 0 unspecified atom stereocenters. The number of nitrogens with two attached hydrogens (primary N) is 1. The molecular weight excluding hydrogens is 502 g/mol. The number of likely N-dealkylation sites (tertiary alicyclic amines) is 2. The molecule has 4 fully saturated rings. The zero-order valence-electron chi connectivity index (χ0n) is 22.5. The summed E-state index contributed by atoms with van der Waals surface area (Å²) >= 11 is 0. The topological polar surface area (TPSA) is 97.4 Å². The van der Waals surface area contributed by atoms with E-state index in [1.807, 2.05) is 4.68 Å². The van der Waals surface area contributed by atoms with Crippen LogP contribution in [0.2, 0.25) is 0 Å². The number of methoxy groups -OCH3 is 1. The molecule has 9 nitrogen and oxygen atoms in total. The third-order valence-corrected chi connectivity index (χ3v) is 9.46.